The van der Waals surface area contributed by atoms with Crippen molar-refractivity contribution in [2.24, 2.45) is 11.0 Å². The molecule has 3 atom stereocenters. The first-order valence-electron chi connectivity index (χ1n) is 7.70. The van der Waals surface area contributed by atoms with Crippen LogP contribution in [-0.2, 0) is 14.4 Å². The fourth-order valence-electron chi connectivity index (χ4n) is 2.57. The number of carbonyl (C=O) groups is 1. The monoisotopic (exact) mass is 310 g/mol. The third kappa shape index (κ3) is 4.47. The van der Waals surface area contributed by atoms with Gasteiger partial charge in [0.05, 0.1) is 19.3 Å². The highest BCUT2D eigenvalue weighted by molar-refractivity contribution is 5.93. The molecule has 1 rings (SSSR count). The van der Waals surface area contributed by atoms with E-state index in [1.54, 1.807) is 7.05 Å². The molecular formula is C15H26N4O3. The lowest BCUT2D eigenvalue weighted by atomic mass is 9.84. The van der Waals surface area contributed by atoms with E-state index >= 15 is 0 Å². The van der Waals surface area contributed by atoms with Crippen LogP contribution in [-0.4, -0.2) is 43.4 Å². The fourth-order valence-corrected chi connectivity index (χ4v) is 2.57. The number of hydroxylamine groups is 2. The van der Waals surface area contributed by atoms with Gasteiger partial charge in [0.2, 0.25) is 0 Å². The molecule has 0 heterocycles. The number of nitrogens with zero attached hydrogens (tertiary/aromatic N) is 4. The van der Waals surface area contributed by atoms with Gasteiger partial charge in [0.1, 0.15) is 0 Å². The molecule has 0 aromatic heterocycles. The molecule has 0 spiro atoms. The van der Waals surface area contributed by atoms with Crippen LogP contribution < -0.4 is 0 Å². The van der Waals surface area contributed by atoms with Gasteiger partial charge in [0.15, 0.2) is 0 Å². The van der Waals surface area contributed by atoms with E-state index in [-0.39, 0.29) is 30.1 Å². The molecule has 0 aromatic carbocycles. The average Bonchev–Trinajstić information content (AvgIpc) is 2.54. The molecule has 0 radical (unpaired) electrons. The lowest BCUT2D eigenvalue weighted by Gasteiger charge is -2.34. The van der Waals surface area contributed by atoms with Gasteiger partial charge in [0.25, 0.3) is 5.91 Å². The van der Waals surface area contributed by atoms with Gasteiger partial charge >= 0.3 is 0 Å². The molecule has 0 saturated heterocycles. The summed E-state index contributed by atoms with van der Waals surface area (Å²) in [5.74, 6) is -0.202. The standard InChI is InChI=1S/C15H26N4O3/c1-6-12(7-2)22-14-9-11(15(20)19(4)21-5)8-13(10(14)3)17-18-16/h9-10,12-14H,6-8H2,1-5H3/t10-,13+,14-/m1/s1. The van der Waals surface area contributed by atoms with Gasteiger partial charge in [-0.25, -0.2) is 5.06 Å². The maximum atomic E-state index is 12.3. The van der Waals surface area contributed by atoms with Crippen LogP contribution >= 0.6 is 0 Å². The summed E-state index contributed by atoms with van der Waals surface area (Å²) in [7, 11) is 2.99. The van der Waals surface area contributed by atoms with Gasteiger partial charge in [-0.3, -0.25) is 9.63 Å². The Hall–Kier alpha value is -1.56. The quantitative estimate of drug-likeness (QED) is 0.313. The maximum Gasteiger partial charge on any atom is 0.272 e. The molecule has 0 unspecified atom stereocenters. The average molecular weight is 310 g/mol. The van der Waals surface area contributed by atoms with Gasteiger partial charge in [-0.05, 0) is 36.8 Å². The van der Waals surface area contributed by atoms with Crippen molar-refractivity contribution in [1.29, 1.82) is 0 Å². The number of hydrogen-bond donors (Lipinski definition) is 0. The van der Waals surface area contributed by atoms with E-state index in [1.807, 2.05) is 13.0 Å². The smallest absolute Gasteiger partial charge is 0.272 e. The molecule has 0 saturated carbocycles. The minimum atomic E-state index is -0.293. The number of rotatable bonds is 7. The minimum absolute atomic E-state index is 0.0286. The van der Waals surface area contributed by atoms with Crippen molar-refractivity contribution in [2.75, 3.05) is 14.2 Å². The second kappa shape index (κ2) is 8.78. The summed E-state index contributed by atoms with van der Waals surface area (Å²) in [5.41, 5.74) is 9.32. The van der Waals surface area contributed by atoms with Gasteiger partial charge < -0.3 is 4.74 Å². The summed E-state index contributed by atoms with van der Waals surface area (Å²) in [4.78, 5) is 20.2. The summed E-state index contributed by atoms with van der Waals surface area (Å²) in [6.07, 6.45) is 3.95. The second-order valence-corrected chi connectivity index (χ2v) is 5.55. The van der Waals surface area contributed by atoms with Gasteiger partial charge in [-0.15, -0.1) is 0 Å². The summed E-state index contributed by atoms with van der Waals surface area (Å²) >= 11 is 0. The van der Waals surface area contributed by atoms with E-state index < -0.39 is 0 Å². The van der Waals surface area contributed by atoms with Crippen LogP contribution in [0.15, 0.2) is 16.8 Å². The van der Waals surface area contributed by atoms with E-state index in [0.29, 0.717) is 12.0 Å². The summed E-state index contributed by atoms with van der Waals surface area (Å²) in [6.45, 7) is 6.13. The molecule has 0 N–H and O–H groups in total. The van der Waals surface area contributed by atoms with Crippen LogP contribution in [0.5, 0.6) is 0 Å². The van der Waals surface area contributed by atoms with Crippen LogP contribution in [0.4, 0.5) is 0 Å². The Kier molecular flexibility index (Phi) is 7.38. The fraction of sp³-hybridized carbons (Fsp3) is 0.800. The summed E-state index contributed by atoms with van der Waals surface area (Å²) < 4.78 is 6.10. The molecular weight excluding hydrogens is 284 g/mol. The predicted molar refractivity (Wildman–Crippen MR) is 83.8 cm³/mol. The Balaban J connectivity index is 3.04. The zero-order chi connectivity index (χ0) is 16.7. The van der Waals surface area contributed by atoms with Crippen LogP contribution in [0.3, 0.4) is 0 Å². The van der Waals surface area contributed by atoms with Crippen molar-refractivity contribution < 1.29 is 14.4 Å². The van der Waals surface area contributed by atoms with Gasteiger partial charge in [-0.2, -0.15) is 0 Å². The van der Waals surface area contributed by atoms with Crippen molar-refractivity contribution in [3.05, 3.63) is 22.1 Å². The molecule has 1 aliphatic carbocycles. The molecule has 0 aliphatic heterocycles. The van der Waals surface area contributed by atoms with E-state index in [4.69, 9.17) is 15.1 Å². The number of ether oxygens (including phenoxy) is 1. The normalized spacial score (nSPS) is 24.6. The SMILES string of the molecule is CCC(CC)O[C@@H]1C=C(C(=O)N(C)OC)C[C@H](N=[N+]=[N-])[C@H]1C. The van der Waals surface area contributed by atoms with Crippen LogP contribution in [0.25, 0.3) is 10.4 Å². The largest absolute Gasteiger partial charge is 0.371 e. The van der Waals surface area contributed by atoms with E-state index in [2.05, 4.69) is 23.9 Å². The molecule has 1 amide bonds. The molecule has 0 fully saturated rings. The van der Waals surface area contributed by atoms with Gasteiger partial charge in [0, 0.05) is 23.6 Å². The lowest BCUT2D eigenvalue weighted by molar-refractivity contribution is -0.164. The number of amides is 1. The predicted octanol–water partition coefficient (Wildman–Crippen LogP) is 3.23. The highest BCUT2D eigenvalue weighted by Gasteiger charge is 2.34. The number of carbonyl (C=O) groups excluding carboxylic acids is 1. The highest BCUT2D eigenvalue weighted by Crippen LogP contribution is 2.31. The van der Waals surface area contributed by atoms with Gasteiger partial charge in [-0.1, -0.05) is 25.9 Å². The van der Waals surface area contributed by atoms with Crippen molar-refractivity contribution in [1.82, 2.24) is 5.06 Å². The summed E-state index contributed by atoms with van der Waals surface area (Å²) in [5, 5.41) is 5.01. The van der Waals surface area contributed by atoms with Crippen molar-refractivity contribution in [3.8, 4) is 0 Å². The zero-order valence-electron chi connectivity index (χ0n) is 14.0. The first kappa shape index (κ1) is 18.5. The number of azide groups is 1. The van der Waals surface area contributed by atoms with Crippen LogP contribution in [0.1, 0.15) is 40.0 Å². The lowest BCUT2D eigenvalue weighted by Crippen LogP contribution is -2.39. The third-order valence-electron chi connectivity index (χ3n) is 4.21. The maximum absolute atomic E-state index is 12.3. The molecule has 22 heavy (non-hydrogen) atoms. The first-order chi connectivity index (χ1) is 10.5. The molecule has 1 aliphatic rings. The van der Waals surface area contributed by atoms with E-state index in [0.717, 1.165) is 12.8 Å². The Labute approximate surface area is 131 Å². The Morgan fingerprint density at radius 1 is 1.55 bits per heavy atom. The minimum Gasteiger partial charge on any atom is -0.371 e. The highest BCUT2D eigenvalue weighted by atomic mass is 16.7. The second-order valence-electron chi connectivity index (χ2n) is 5.55. The van der Waals surface area contributed by atoms with E-state index in [1.165, 1.54) is 12.2 Å². The molecule has 0 aromatic rings. The van der Waals surface area contributed by atoms with Crippen LogP contribution in [0, 0.1) is 5.92 Å². The third-order valence-corrected chi connectivity index (χ3v) is 4.21. The molecule has 7 nitrogen and oxygen atoms in total. The Morgan fingerprint density at radius 2 is 2.18 bits per heavy atom. The molecule has 0 bridgehead atoms. The topological polar surface area (TPSA) is 87.5 Å². The van der Waals surface area contributed by atoms with Crippen molar-refractivity contribution in [3.63, 3.8) is 0 Å². The number of hydrogen-bond acceptors (Lipinski definition) is 4. The number of likely N-dealkylation sites (N-methyl/N-ethyl adjacent to an activating group) is 1. The first-order valence-corrected chi connectivity index (χ1v) is 7.70. The summed E-state index contributed by atoms with van der Waals surface area (Å²) in [6, 6.07) is -0.293. The molecule has 7 heteroatoms. The van der Waals surface area contributed by atoms with E-state index in [9.17, 15) is 4.79 Å². The van der Waals surface area contributed by atoms with Crippen molar-refractivity contribution >= 4 is 5.91 Å². The Morgan fingerprint density at radius 3 is 2.68 bits per heavy atom. The van der Waals surface area contributed by atoms with Crippen LogP contribution in [0.2, 0.25) is 0 Å². The Bertz CT molecular complexity index is 456. The zero-order valence-corrected chi connectivity index (χ0v) is 14.0. The molecule has 124 valence electrons. The van der Waals surface area contributed by atoms with Crippen molar-refractivity contribution in [2.45, 2.75) is 58.3 Å².